The topological polar surface area (TPSA) is 66.0 Å². The molecule has 0 radical (unpaired) electrons. The predicted octanol–water partition coefficient (Wildman–Crippen LogP) is 4.18. The molecule has 6 heteroatoms. The first kappa shape index (κ1) is 16.0. The number of fused-ring (bicyclic) bond motifs is 1. The fraction of sp³-hybridized carbons (Fsp3) is 0.190. The number of rotatable bonds is 3. The van der Waals surface area contributed by atoms with E-state index < -0.39 is 0 Å². The van der Waals surface area contributed by atoms with Gasteiger partial charge in [-0.05, 0) is 18.1 Å². The summed E-state index contributed by atoms with van der Waals surface area (Å²) < 4.78 is 13.7. The summed E-state index contributed by atoms with van der Waals surface area (Å²) in [6.07, 6.45) is 1.84. The van der Waals surface area contributed by atoms with Gasteiger partial charge in [-0.25, -0.2) is 4.98 Å². The maximum Gasteiger partial charge on any atom is 0.278 e. The predicted molar refractivity (Wildman–Crippen MR) is 99.7 cm³/mol. The Morgan fingerprint density at radius 2 is 1.85 bits per heavy atom. The summed E-state index contributed by atoms with van der Waals surface area (Å²) in [5.74, 6) is 0.993. The molecule has 2 aromatic heterocycles. The van der Waals surface area contributed by atoms with Crippen LogP contribution in [0.4, 0.5) is 0 Å². The van der Waals surface area contributed by atoms with E-state index in [0.717, 1.165) is 22.4 Å². The third-order valence-electron chi connectivity index (χ3n) is 4.92. The van der Waals surface area contributed by atoms with Crippen LogP contribution in [0.25, 0.3) is 23.0 Å². The third-order valence-corrected chi connectivity index (χ3v) is 4.92. The molecular formula is C21H18N4O2. The molecular weight excluding hydrogens is 340 g/mol. The third kappa shape index (κ3) is 2.84. The molecule has 27 heavy (non-hydrogen) atoms. The Balaban J connectivity index is 1.44. The lowest BCUT2D eigenvalue weighted by molar-refractivity contribution is 0.00330. The zero-order valence-electron chi connectivity index (χ0n) is 14.9. The van der Waals surface area contributed by atoms with Gasteiger partial charge in [-0.3, -0.25) is 0 Å². The average Bonchev–Trinajstić information content (AvgIpc) is 3.35. The fourth-order valence-electron chi connectivity index (χ4n) is 3.43. The van der Waals surface area contributed by atoms with Crippen LogP contribution in [0.3, 0.4) is 0 Å². The summed E-state index contributed by atoms with van der Waals surface area (Å²) in [5.41, 5.74) is 4.88. The van der Waals surface area contributed by atoms with Gasteiger partial charge in [0.05, 0.1) is 25.2 Å². The van der Waals surface area contributed by atoms with Gasteiger partial charge in [-0.1, -0.05) is 59.8 Å². The first-order valence-electron chi connectivity index (χ1n) is 8.90. The summed E-state index contributed by atoms with van der Waals surface area (Å²) in [7, 11) is 0. The highest BCUT2D eigenvalue weighted by atomic mass is 16.5. The Bertz CT molecular complexity index is 1080. The van der Waals surface area contributed by atoms with E-state index in [1.165, 1.54) is 0 Å². The monoisotopic (exact) mass is 358 g/mol. The maximum atomic E-state index is 6.07. The van der Waals surface area contributed by atoms with Crippen LogP contribution in [-0.4, -0.2) is 19.7 Å². The Morgan fingerprint density at radius 1 is 1.04 bits per heavy atom. The van der Waals surface area contributed by atoms with Crippen molar-refractivity contribution in [3.05, 3.63) is 77.7 Å². The molecule has 3 heterocycles. The molecule has 1 unspecified atom stereocenters. The molecule has 0 amide bonds. The van der Waals surface area contributed by atoms with Gasteiger partial charge >= 0.3 is 0 Å². The highest BCUT2D eigenvalue weighted by Crippen LogP contribution is 2.32. The molecule has 0 spiro atoms. The second-order valence-corrected chi connectivity index (χ2v) is 6.64. The van der Waals surface area contributed by atoms with E-state index in [-0.39, 0.29) is 6.10 Å². The quantitative estimate of drug-likeness (QED) is 0.550. The van der Waals surface area contributed by atoms with Crippen LogP contribution in [-0.2, 0) is 17.9 Å². The number of aryl methyl sites for hydroxylation is 1. The van der Waals surface area contributed by atoms with Gasteiger partial charge in [-0.2, -0.15) is 4.98 Å². The molecule has 0 saturated carbocycles. The molecule has 0 fully saturated rings. The molecule has 1 aliphatic rings. The van der Waals surface area contributed by atoms with E-state index in [9.17, 15) is 0 Å². The number of imidazole rings is 1. The van der Waals surface area contributed by atoms with Crippen molar-refractivity contribution in [2.75, 3.05) is 0 Å². The molecule has 6 nitrogen and oxygen atoms in total. The zero-order chi connectivity index (χ0) is 18.2. The van der Waals surface area contributed by atoms with Gasteiger partial charge in [0, 0.05) is 5.56 Å². The molecule has 1 aliphatic heterocycles. The van der Waals surface area contributed by atoms with Crippen molar-refractivity contribution < 1.29 is 9.26 Å². The Hall–Kier alpha value is -3.25. The lowest BCUT2D eigenvalue weighted by Gasteiger charge is -2.25. The van der Waals surface area contributed by atoms with Crippen molar-refractivity contribution in [2.45, 2.75) is 26.2 Å². The van der Waals surface area contributed by atoms with Gasteiger partial charge in [0.2, 0.25) is 5.82 Å². The van der Waals surface area contributed by atoms with E-state index in [4.69, 9.17) is 9.26 Å². The summed E-state index contributed by atoms with van der Waals surface area (Å²) >= 11 is 0. The van der Waals surface area contributed by atoms with Crippen LogP contribution in [0.15, 0.2) is 65.4 Å². The fourth-order valence-corrected chi connectivity index (χ4v) is 3.43. The summed E-state index contributed by atoms with van der Waals surface area (Å²) in [5, 5.41) is 4.14. The van der Waals surface area contributed by atoms with E-state index in [2.05, 4.69) is 31.8 Å². The van der Waals surface area contributed by atoms with E-state index in [1.54, 1.807) is 0 Å². The maximum absolute atomic E-state index is 6.07. The Morgan fingerprint density at radius 3 is 2.70 bits per heavy atom. The molecule has 1 atom stereocenters. The van der Waals surface area contributed by atoms with E-state index in [1.807, 2.05) is 55.7 Å². The average molecular weight is 358 g/mol. The van der Waals surface area contributed by atoms with Crippen molar-refractivity contribution in [1.82, 2.24) is 19.7 Å². The number of nitrogens with zero attached hydrogens (tertiary/aromatic N) is 4. The Kier molecular flexibility index (Phi) is 3.83. The van der Waals surface area contributed by atoms with Crippen molar-refractivity contribution >= 4 is 0 Å². The van der Waals surface area contributed by atoms with Crippen molar-refractivity contribution in [1.29, 1.82) is 0 Å². The molecule has 4 aromatic rings. The molecule has 0 bridgehead atoms. The van der Waals surface area contributed by atoms with E-state index >= 15 is 0 Å². The number of aromatic nitrogens is 4. The van der Waals surface area contributed by atoms with E-state index in [0.29, 0.717) is 30.6 Å². The lowest BCUT2D eigenvalue weighted by Crippen LogP contribution is -2.20. The molecule has 5 rings (SSSR count). The molecule has 0 aliphatic carbocycles. The molecule has 0 N–H and O–H groups in total. The molecule has 2 aromatic carbocycles. The highest BCUT2D eigenvalue weighted by Gasteiger charge is 2.26. The first-order valence-corrected chi connectivity index (χ1v) is 8.90. The second kappa shape index (κ2) is 6.48. The number of ether oxygens (including phenoxy) is 1. The first-order chi connectivity index (χ1) is 13.3. The van der Waals surface area contributed by atoms with Crippen LogP contribution in [0.2, 0.25) is 0 Å². The number of hydrogen-bond acceptors (Lipinski definition) is 5. The highest BCUT2D eigenvalue weighted by molar-refractivity contribution is 5.62. The summed E-state index contributed by atoms with van der Waals surface area (Å²) in [4.78, 5) is 9.07. The van der Waals surface area contributed by atoms with Gasteiger partial charge in [-0.15, -0.1) is 0 Å². The normalized spacial score (nSPS) is 16.3. The lowest BCUT2D eigenvalue weighted by atomic mass is 10.1. The number of benzene rings is 2. The smallest absolute Gasteiger partial charge is 0.278 e. The molecule has 0 saturated heterocycles. The van der Waals surface area contributed by atoms with Crippen molar-refractivity contribution in [2.24, 2.45) is 0 Å². The van der Waals surface area contributed by atoms with Crippen LogP contribution >= 0.6 is 0 Å². The van der Waals surface area contributed by atoms with Crippen molar-refractivity contribution in [3.63, 3.8) is 0 Å². The molecule has 134 valence electrons. The number of hydrogen-bond donors (Lipinski definition) is 0. The van der Waals surface area contributed by atoms with Crippen LogP contribution in [0.1, 0.15) is 22.9 Å². The second-order valence-electron chi connectivity index (χ2n) is 6.64. The van der Waals surface area contributed by atoms with Gasteiger partial charge in [0.25, 0.3) is 5.89 Å². The largest absolute Gasteiger partial charge is 0.365 e. The van der Waals surface area contributed by atoms with Gasteiger partial charge in [0.15, 0.2) is 5.69 Å². The van der Waals surface area contributed by atoms with Crippen LogP contribution in [0, 0.1) is 6.92 Å². The Labute approximate surface area is 156 Å². The minimum Gasteiger partial charge on any atom is -0.365 e. The van der Waals surface area contributed by atoms with Crippen molar-refractivity contribution in [3.8, 4) is 23.0 Å². The minimum absolute atomic E-state index is 0.0194. The van der Waals surface area contributed by atoms with Gasteiger partial charge < -0.3 is 13.8 Å². The minimum atomic E-state index is 0.0194. The summed E-state index contributed by atoms with van der Waals surface area (Å²) in [6.45, 7) is 3.20. The van der Waals surface area contributed by atoms with Crippen LogP contribution in [0.5, 0.6) is 0 Å². The SMILES string of the molecule is Cc1ccccc1-c1noc(-c2ncn3c2COC(c2ccccc2)C3)n1. The van der Waals surface area contributed by atoms with Gasteiger partial charge in [0.1, 0.15) is 6.10 Å². The summed E-state index contributed by atoms with van der Waals surface area (Å²) in [6, 6.07) is 18.2. The zero-order valence-corrected chi connectivity index (χ0v) is 14.9. The standard InChI is InChI=1S/C21H18N4O2/c1-14-7-5-6-10-16(14)20-23-21(27-24-20)19-17-12-26-18(11-25(17)13-22-19)15-8-3-2-4-9-15/h2-10,13,18H,11-12H2,1H3. The van der Waals surface area contributed by atoms with Crippen LogP contribution < -0.4 is 0 Å².